The normalized spacial score (nSPS) is 17.5. The van der Waals surface area contributed by atoms with E-state index in [1.165, 1.54) is 18.1 Å². The number of aryl methyl sites for hydroxylation is 1. The van der Waals surface area contributed by atoms with Crippen LogP contribution in [0.1, 0.15) is 22.7 Å². The van der Waals surface area contributed by atoms with Gasteiger partial charge in [0.1, 0.15) is 11.5 Å². The molecule has 1 atom stereocenters. The number of ketones is 1. The summed E-state index contributed by atoms with van der Waals surface area (Å²) >= 11 is 6.24. The van der Waals surface area contributed by atoms with E-state index in [0.717, 1.165) is 11.1 Å². The van der Waals surface area contributed by atoms with E-state index in [1.54, 1.807) is 36.7 Å². The number of aliphatic hydroxyl groups excluding tert-OH is 1. The summed E-state index contributed by atoms with van der Waals surface area (Å²) in [6.45, 7) is 1.95. The third-order valence-electron chi connectivity index (χ3n) is 5.72. The average Bonchev–Trinajstić information content (AvgIpc) is 3.37. The number of Topliss-reactive ketones (excluding diaryl/α,β-unsaturated/α-hetero) is 1. The van der Waals surface area contributed by atoms with Crippen molar-refractivity contribution in [3.8, 4) is 5.75 Å². The molecule has 2 aromatic heterocycles. The van der Waals surface area contributed by atoms with Crippen LogP contribution < -0.4 is 9.64 Å². The van der Waals surface area contributed by atoms with Crippen LogP contribution in [-0.2, 0) is 9.59 Å². The lowest BCUT2D eigenvalue weighted by Crippen LogP contribution is -2.30. The minimum atomic E-state index is -0.948. The zero-order valence-electron chi connectivity index (χ0n) is 18.2. The summed E-state index contributed by atoms with van der Waals surface area (Å²) in [5.41, 5.74) is 3.12. The van der Waals surface area contributed by atoms with Gasteiger partial charge < -0.3 is 14.8 Å². The predicted molar refractivity (Wildman–Crippen MR) is 128 cm³/mol. The van der Waals surface area contributed by atoms with Gasteiger partial charge in [-0.25, -0.2) is 4.98 Å². The third-order valence-corrected chi connectivity index (χ3v) is 6.02. The number of halogens is 1. The molecule has 2 aromatic carbocycles. The highest BCUT2D eigenvalue weighted by atomic mass is 35.5. The Morgan fingerprint density at radius 3 is 2.71 bits per heavy atom. The molecule has 0 spiro atoms. The van der Waals surface area contributed by atoms with Gasteiger partial charge in [0.05, 0.1) is 34.8 Å². The topological polar surface area (TPSA) is 108 Å². The highest BCUT2D eigenvalue weighted by molar-refractivity contribution is 6.51. The van der Waals surface area contributed by atoms with Crippen molar-refractivity contribution in [2.75, 3.05) is 12.0 Å². The van der Waals surface area contributed by atoms with E-state index in [9.17, 15) is 14.7 Å². The Hall–Kier alpha value is -4.17. The van der Waals surface area contributed by atoms with Crippen molar-refractivity contribution >= 4 is 46.0 Å². The standard InChI is InChI=1S/C25H19ClN4O4/c1-13-5-7-17-18(10-13)29-25(28-17)30-21(15-4-3-9-27-12-15)20(23(32)24(30)33)22(31)14-6-8-19(34-2)16(26)11-14/h3-12,21,31H,1-2H3,(H,28,29)/b22-20+. The fraction of sp³-hybridized carbons (Fsp3) is 0.120. The molecule has 34 heavy (non-hydrogen) atoms. The summed E-state index contributed by atoms with van der Waals surface area (Å²) < 4.78 is 5.17. The Labute approximate surface area is 199 Å². The Bertz CT molecular complexity index is 1480. The van der Waals surface area contributed by atoms with E-state index < -0.39 is 17.7 Å². The van der Waals surface area contributed by atoms with E-state index in [4.69, 9.17) is 16.3 Å². The first-order valence-electron chi connectivity index (χ1n) is 10.4. The first kappa shape index (κ1) is 21.7. The number of hydrogen-bond acceptors (Lipinski definition) is 6. The quantitative estimate of drug-likeness (QED) is 0.255. The number of aromatic nitrogens is 3. The molecule has 8 nitrogen and oxygen atoms in total. The summed E-state index contributed by atoms with van der Waals surface area (Å²) in [6, 6.07) is 12.8. The van der Waals surface area contributed by atoms with Crippen molar-refractivity contribution in [3.63, 3.8) is 0 Å². The van der Waals surface area contributed by atoms with Crippen LogP contribution in [0.15, 0.2) is 66.5 Å². The van der Waals surface area contributed by atoms with Crippen LogP contribution in [0.4, 0.5) is 5.95 Å². The molecule has 9 heteroatoms. The van der Waals surface area contributed by atoms with Gasteiger partial charge >= 0.3 is 5.91 Å². The van der Waals surface area contributed by atoms with Gasteiger partial charge in [-0.1, -0.05) is 23.7 Å². The van der Waals surface area contributed by atoms with Gasteiger partial charge in [-0.2, -0.15) is 0 Å². The van der Waals surface area contributed by atoms with Crippen molar-refractivity contribution in [2.24, 2.45) is 0 Å². The summed E-state index contributed by atoms with van der Waals surface area (Å²) in [4.78, 5) is 39.6. The number of carbonyl (C=O) groups is 2. The number of nitrogens with one attached hydrogen (secondary N) is 1. The number of methoxy groups -OCH3 is 1. The average molecular weight is 475 g/mol. The fourth-order valence-corrected chi connectivity index (χ4v) is 4.36. The van der Waals surface area contributed by atoms with E-state index in [2.05, 4.69) is 15.0 Å². The van der Waals surface area contributed by atoms with Crippen molar-refractivity contribution in [1.29, 1.82) is 0 Å². The lowest BCUT2D eigenvalue weighted by atomic mass is 9.96. The second-order valence-electron chi connectivity index (χ2n) is 7.89. The maximum atomic E-state index is 13.3. The van der Waals surface area contributed by atoms with Crippen LogP contribution in [0, 0.1) is 6.92 Å². The van der Waals surface area contributed by atoms with Crippen molar-refractivity contribution < 1.29 is 19.4 Å². The Balaban J connectivity index is 1.71. The highest BCUT2D eigenvalue weighted by Gasteiger charge is 2.48. The van der Waals surface area contributed by atoms with Crippen molar-refractivity contribution in [2.45, 2.75) is 13.0 Å². The molecule has 1 unspecified atom stereocenters. The van der Waals surface area contributed by atoms with Crippen LogP contribution >= 0.6 is 11.6 Å². The molecule has 2 N–H and O–H groups in total. The molecule has 170 valence electrons. The zero-order chi connectivity index (χ0) is 24.0. The molecular formula is C25H19ClN4O4. The number of anilines is 1. The number of rotatable bonds is 4. The fourth-order valence-electron chi connectivity index (χ4n) is 4.10. The van der Waals surface area contributed by atoms with Gasteiger partial charge in [0.15, 0.2) is 0 Å². The molecule has 0 radical (unpaired) electrons. The first-order valence-corrected chi connectivity index (χ1v) is 10.8. The molecule has 0 bridgehead atoms. The van der Waals surface area contributed by atoms with Crippen molar-refractivity contribution in [1.82, 2.24) is 15.0 Å². The number of pyridine rings is 1. The number of nitrogens with zero attached hydrogens (tertiary/aromatic N) is 3. The number of benzene rings is 2. The number of aliphatic hydroxyl groups is 1. The van der Waals surface area contributed by atoms with E-state index >= 15 is 0 Å². The van der Waals surface area contributed by atoms with Gasteiger partial charge in [-0.3, -0.25) is 19.5 Å². The van der Waals surface area contributed by atoms with Gasteiger partial charge in [-0.05, 0) is 54.4 Å². The van der Waals surface area contributed by atoms with Crippen LogP contribution in [-0.4, -0.2) is 38.9 Å². The van der Waals surface area contributed by atoms with Gasteiger partial charge in [-0.15, -0.1) is 0 Å². The van der Waals surface area contributed by atoms with Gasteiger partial charge in [0, 0.05) is 18.0 Å². The Morgan fingerprint density at radius 2 is 2.00 bits per heavy atom. The number of fused-ring (bicyclic) bond motifs is 1. The van der Waals surface area contributed by atoms with E-state index in [0.29, 0.717) is 16.8 Å². The van der Waals surface area contributed by atoms with Gasteiger partial charge in [0.25, 0.3) is 5.78 Å². The predicted octanol–water partition coefficient (Wildman–Crippen LogP) is 4.55. The molecular weight excluding hydrogens is 456 g/mol. The molecule has 0 aliphatic carbocycles. The van der Waals surface area contributed by atoms with E-state index in [-0.39, 0.29) is 27.9 Å². The van der Waals surface area contributed by atoms with E-state index in [1.807, 2.05) is 25.1 Å². The largest absolute Gasteiger partial charge is 0.507 e. The number of carbonyl (C=O) groups excluding carboxylic acids is 2. The number of ether oxygens (including phenoxy) is 1. The van der Waals surface area contributed by atoms with Crippen LogP contribution in [0.2, 0.25) is 5.02 Å². The summed E-state index contributed by atoms with van der Waals surface area (Å²) in [6.07, 6.45) is 3.13. The third kappa shape index (κ3) is 3.48. The van der Waals surface area contributed by atoms with Crippen molar-refractivity contribution in [3.05, 3.63) is 88.2 Å². The minimum absolute atomic E-state index is 0.0872. The lowest BCUT2D eigenvalue weighted by Gasteiger charge is -2.22. The maximum absolute atomic E-state index is 13.3. The number of imidazole rings is 1. The Kier molecular flexibility index (Phi) is 5.30. The smallest absolute Gasteiger partial charge is 0.302 e. The van der Waals surface area contributed by atoms with Crippen LogP contribution in [0.3, 0.4) is 0 Å². The molecule has 1 saturated heterocycles. The van der Waals surface area contributed by atoms with Crippen LogP contribution in [0.5, 0.6) is 5.75 Å². The zero-order valence-corrected chi connectivity index (χ0v) is 19.0. The minimum Gasteiger partial charge on any atom is -0.507 e. The lowest BCUT2D eigenvalue weighted by molar-refractivity contribution is -0.132. The number of amides is 1. The molecule has 1 amide bonds. The molecule has 5 rings (SSSR count). The highest BCUT2D eigenvalue weighted by Crippen LogP contribution is 2.42. The monoisotopic (exact) mass is 474 g/mol. The second kappa shape index (κ2) is 8.31. The number of aromatic amines is 1. The number of H-pyrrole nitrogens is 1. The Morgan fingerprint density at radius 1 is 1.18 bits per heavy atom. The molecule has 4 aromatic rings. The molecule has 1 fully saturated rings. The van der Waals surface area contributed by atoms with Crippen LogP contribution in [0.25, 0.3) is 16.8 Å². The summed E-state index contributed by atoms with van der Waals surface area (Å²) in [5.74, 6) is -1.39. The first-order chi connectivity index (χ1) is 16.4. The second-order valence-corrected chi connectivity index (χ2v) is 8.29. The van der Waals surface area contributed by atoms with Gasteiger partial charge in [0.2, 0.25) is 5.95 Å². The molecule has 1 aliphatic rings. The molecule has 0 saturated carbocycles. The SMILES string of the molecule is COc1ccc(/C(O)=C2\C(=O)C(=O)N(c3nc4ccc(C)cc4[nH]3)C2c2cccnc2)cc1Cl. The number of hydrogen-bond donors (Lipinski definition) is 2. The maximum Gasteiger partial charge on any atom is 0.302 e. The summed E-state index contributed by atoms with van der Waals surface area (Å²) in [5, 5.41) is 11.5. The molecule has 3 heterocycles. The molecule has 1 aliphatic heterocycles. The summed E-state index contributed by atoms with van der Waals surface area (Å²) in [7, 11) is 1.48.